The molecule has 0 spiro atoms. The van der Waals surface area contributed by atoms with Crippen molar-refractivity contribution in [3.63, 3.8) is 0 Å². The molecule has 1 atom stereocenters. The van der Waals surface area contributed by atoms with E-state index in [-0.39, 0.29) is 16.3 Å². The molecule has 2 aliphatic rings. The Balaban J connectivity index is 1.90. The third-order valence-electron chi connectivity index (χ3n) is 3.82. The van der Waals surface area contributed by atoms with Crippen LogP contribution >= 0.6 is 23.4 Å². The van der Waals surface area contributed by atoms with Gasteiger partial charge in [0.25, 0.3) is 5.24 Å². The molecule has 5 heteroatoms. The second-order valence-electron chi connectivity index (χ2n) is 5.13. The maximum Gasteiger partial charge on any atom is 0.284 e. The highest BCUT2D eigenvalue weighted by molar-refractivity contribution is 8.14. The van der Waals surface area contributed by atoms with Crippen LogP contribution in [0.1, 0.15) is 26.7 Å². The number of thioether (sulfide) groups is 1. The summed E-state index contributed by atoms with van der Waals surface area (Å²) in [4.78, 5) is 24.8. The van der Waals surface area contributed by atoms with Gasteiger partial charge in [0.15, 0.2) is 5.78 Å². The van der Waals surface area contributed by atoms with E-state index in [1.165, 1.54) is 0 Å². The molecule has 3 nitrogen and oxygen atoms in total. The molecule has 2 aromatic carbocycles. The Bertz CT molecular complexity index is 859. The van der Waals surface area contributed by atoms with Crippen molar-refractivity contribution in [3.8, 4) is 0 Å². The molecule has 108 valence electrons. The quantitative estimate of drug-likeness (QED) is 0.842. The Labute approximate surface area is 136 Å². The van der Waals surface area contributed by atoms with Crippen LogP contribution in [0, 0.1) is 0 Å². The summed E-state index contributed by atoms with van der Waals surface area (Å²) in [6.07, 6.45) is 0. The number of benzene rings is 2. The van der Waals surface area contributed by atoms with Crippen LogP contribution in [0.25, 0.3) is 5.70 Å². The molecule has 4 rings (SSSR count). The van der Waals surface area contributed by atoms with Crippen LogP contribution in [0.3, 0.4) is 0 Å². The molecule has 0 bridgehead atoms. The van der Waals surface area contributed by atoms with Crippen molar-refractivity contribution in [2.45, 2.75) is 5.25 Å². The van der Waals surface area contributed by atoms with Crippen molar-refractivity contribution in [1.82, 2.24) is 5.32 Å². The molecular weight excluding hydrogens is 318 g/mol. The summed E-state index contributed by atoms with van der Waals surface area (Å²) in [6, 6.07) is 14.7. The number of carbonyl (C=O) groups is 2. The summed E-state index contributed by atoms with van der Waals surface area (Å²) >= 11 is 7.17. The fourth-order valence-corrected chi connectivity index (χ4v) is 4.09. The zero-order valence-electron chi connectivity index (χ0n) is 11.3. The van der Waals surface area contributed by atoms with Gasteiger partial charge in [-0.15, -0.1) is 0 Å². The van der Waals surface area contributed by atoms with Crippen LogP contribution in [0.15, 0.2) is 54.1 Å². The van der Waals surface area contributed by atoms with Gasteiger partial charge in [0.2, 0.25) is 0 Å². The van der Waals surface area contributed by atoms with Gasteiger partial charge < -0.3 is 5.32 Å². The Morgan fingerprint density at radius 3 is 2.55 bits per heavy atom. The van der Waals surface area contributed by atoms with E-state index in [2.05, 4.69) is 5.32 Å². The first-order chi connectivity index (χ1) is 10.6. The van der Waals surface area contributed by atoms with Crippen LogP contribution in [0.2, 0.25) is 5.02 Å². The molecule has 22 heavy (non-hydrogen) atoms. The van der Waals surface area contributed by atoms with E-state index < -0.39 is 0 Å². The number of nitrogens with one attached hydrogen (secondary N) is 1. The zero-order valence-corrected chi connectivity index (χ0v) is 12.9. The lowest BCUT2D eigenvalue weighted by Gasteiger charge is -2.24. The van der Waals surface area contributed by atoms with Crippen LogP contribution < -0.4 is 5.32 Å². The molecule has 0 fully saturated rings. The third kappa shape index (κ3) is 1.99. The van der Waals surface area contributed by atoms with Gasteiger partial charge in [-0.3, -0.25) is 9.59 Å². The summed E-state index contributed by atoms with van der Waals surface area (Å²) in [5, 5.41) is 2.93. The van der Waals surface area contributed by atoms with E-state index in [1.54, 1.807) is 18.2 Å². The topological polar surface area (TPSA) is 46.2 Å². The number of carbonyl (C=O) groups excluding carboxylic acids is 2. The van der Waals surface area contributed by atoms with Gasteiger partial charge in [-0.1, -0.05) is 59.8 Å². The number of hydrogen-bond donors (Lipinski definition) is 1. The molecule has 1 amide bonds. The number of hydrogen-bond acceptors (Lipinski definition) is 3. The first-order valence-electron chi connectivity index (χ1n) is 6.76. The van der Waals surface area contributed by atoms with Gasteiger partial charge in [-0.2, -0.15) is 0 Å². The third-order valence-corrected chi connectivity index (χ3v) is 5.12. The second-order valence-corrected chi connectivity index (χ2v) is 6.64. The predicted molar refractivity (Wildman–Crippen MR) is 88.0 cm³/mol. The monoisotopic (exact) mass is 327 g/mol. The number of ketones is 1. The van der Waals surface area contributed by atoms with Gasteiger partial charge in [0.05, 0.1) is 10.9 Å². The Kier molecular flexibility index (Phi) is 3.10. The lowest BCUT2D eigenvalue weighted by atomic mass is 10.0. The summed E-state index contributed by atoms with van der Waals surface area (Å²) in [6.45, 7) is 0. The number of halogens is 1. The summed E-state index contributed by atoms with van der Waals surface area (Å²) < 4.78 is 0. The maximum atomic E-state index is 12.8. The average molecular weight is 328 g/mol. The standard InChI is InChI=1S/C17H10ClNO2S/c18-10-5-3-4-9(8-10)16-13-14(19-17(21)22-16)11-6-1-2-7-12(11)15(13)20/h1-8,16H,(H,19,21). The molecule has 0 saturated heterocycles. The lowest BCUT2D eigenvalue weighted by molar-refractivity contribution is 0.103. The van der Waals surface area contributed by atoms with Crippen LogP contribution in [-0.4, -0.2) is 11.0 Å². The van der Waals surface area contributed by atoms with Crippen molar-refractivity contribution >= 4 is 40.1 Å². The molecule has 1 unspecified atom stereocenters. The largest absolute Gasteiger partial charge is 0.316 e. The summed E-state index contributed by atoms with van der Waals surface area (Å²) in [5.74, 6) is -0.0249. The predicted octanol–water partition coefficient (Wildman–Crippen LogP) is 4.45. The normalized spacial score (nSPS) is 19.8. The van der Waals surface area contributed by atoms with Crippen molar-refractivity contribution in [1.29, 1.82) is 0 Å². The smallest absolute Gasteiger partial charge is 0.284 e. The molecule has 0 saturated carbocycles. The number of amides is 1. The second kappa shape index (κ2) is 5.00. The van der Waals surface area contributed by atoms with E-state index in [4.69, 9.17) is 11.6 Å². The molecule has 1 N–H and O–H groups in total. The Morgan fingerprint density at radius 1 is 1.00 bits per heavy atom. The highest BCUT2D eigenvalue weighted by atomic mass is 35.5. The maximum absolute atomic E-state index is 12.8. The van der Waals surface area contributed by atoms with Crippen LogP contribution in [0.5, 0.6) is 0 Å². The van der Waals surface area contributed by atoms with Gasteiger partial charge in [0, 0.05) is 21.7 Å². The summed E-state index contributed by atoms with van der Waals surface area (Å²) in [5.41, 5.74) is 3.56. The highest BCUT2D eigenvalue weighted by Crippen LogP contribution is 2.48. The van der Waals surface area contributed by atoms with Crippen molar-refractivity contribution in [2.24, 2.45) is 0 Å². The Hall–Kier alpha value is -2.04. The van der Waals surface area contributed by atoms with Crippen molar-refractivity contribution in [2.75, 3.05) is 0 Å². The summed E-state index contributed by atoms with van der Waals surface area (Å²) in [7, 11) is 0. The SMILES string of the molecule is O=C1NC2=C(C(=O)c3ccccc32)C(c2cccc(Cl)c2)S1. The molecule has 0 radical (unpaired) electrons. The minimum atomic E-state index is -0.331. The molecule has 1 aliphatic heterocycles. The van der Waals surface area contributed by atoms with E-state index in [9.17, 15) is 9.59 Å². The Morgan fingerprint density at radius 2 is 1.77 bits per heavy atom. The number of rotatable bonds is 1. The van der Waals surface area contributed by atoms with Gasteiger partial charge in [-0.05, 0) is 17.7 Å². The molecular formula is C17H10ClNO2S. The fraction of sp³-hybridized carbons (Fsp3) is 0.0588. The van der Waals surface area contributed by atoms with Crippen LogP contribution in [0.4, 0.5) is 4.79 Å². The number of Topliss-reactive ketones (excluding diaryl/α,β-unsaturated/α-hetero) is 1. The van der Waals surface area contributed by atoms with Gasteiger partial charge in [-0.25, -0.2) is 0 Å². The van der Waals surface area contributed by atoms with E-state index in [1.807, 2.05) is 30.3 Å². The van der Waals surface area contributed by atoms with E-state index >= 15 is 0 Å². The van der Waals surface area contributed by atoms with Gasteiger partial charge >= 0.3 is 0 Å². The molecule has 0 aromatic heterocycles. The first-order valence-corrected chi connectivity index (χ1v) is 8.02. The fourth-order valence-electron chi connectivity index (χ4n) is 2.89. The van der Waals surface area contributed by atoms with Gasteiger partial charge in [0.1, 0.15) is 0 Å². The number of fused-ring (bicyclic) bond motifs is 2. The minimum absolute atomic E-state index is 0.0249. The molecule has 1 heterocycles. The minimum Gasteiger partial charge on any atom is -0.316 e. The lowest BCUT2D eigenvalue weighted by Crippen LogP contribution is -2.25. The van der Waals surface area contributed by atoms with E-state index in [0.717, 1.165) is 22.9 Å². The van der Waals surface area contributed by atoms with E-state index in [0.29, 0.717) is 21.9 Å². The van der Waals surface area contributed by atoms with Crippen molar-refractivity contribution < 1.29 is 9.59 Å². The average Bonchev–Trinajstić information content (AvgIpc) is 2.80. The zero-order chi connectivity index (χ0) is 15.3. The molecule has 2 aromatic rings. The van der Waals surface area contributed by atoms with Crippen molar-refractivity contribution in [3.05, 3.63) is 75.8 Å². The van der Waals surface area contributed by atoms with Crippen LogP contribution in [-0.2, 0) is 0 Å². The molecule has 1 aliphatic carbocycles. The first kappa shape index (κ1) is 13.6. The highest BCUT2D eigenvalue weighted by Gasteiger charge is 2.40.